The van der Waals surface area contributed by atoms with Crippen LogP contribution in [0.15, 0.2) is 54.6 Å². The van der Waals surface area contributed by atoms with Crippen LogP contribution < -0.4 is 15.5 Å². The fraction of sp³-hybridized carbons (Fsp3) is 0.227. The molecule has 0 spiro atoms. The topological polar surface area (TPSA) is 79.4 Å². The highest BCUT2D eigenvalue weighted by atomic mass is 35.5. The fourth-order valence-corrected chi connectivity index (χ4v) is 3.35. The number of nitrogens with one attached hydrogen (secondary N) is 2. The van der Waals surface area contributed by atoms with Crippen LogP contribution in [0, 0.1) is 6.92 Å². The lowest BCUT2D eigenvalue weighted by Crippen LogP contribution is -2.36. The van der Waals surface area contributed by atoms with Gasteiger partial charge in [-0.05, 0) is 48.9 Å². The second-order valence-electron chi connectivity index (χ2n) is 6.99. The maximum Gasteiger partial charge on any atom is 0.323 e. The van der Waals surface area contributed by atoms with Crippen LogP contribution in [0.25, 0.3) is 11.3 Å². The van der Waals surface area contributed by atoms with Crippen LogP contribution in [0.5, 0.6) is 0 Å². The Morgan fingerprint density at radius 3 is 2.47 bits per heavy atom. The third-order valence-electron chi connectivity index (χ3n) is 4.87. The van der Waals surface area contributed by atoms with Gasteiger partial charge >= 0.3 is 6.03 Å². The number of hydrogen-bond donors (Lipinski definition) is 2. The molecule has 4 rings (SSSR count). The number of halogens is 1. The molecular formula is C22H22ClN5O2. The molecule has 2 amide bonds. The monoisotopic (exact) mass is 423 g/mol. The molecule has 1 aromatic heterocycles. The lowest BCUT2D eigenvalue weighted by molar-refractivity contribution is 0.122. The number of nitrogens with zero attached hydrogens (tertiary/aromatic N) is 3. The van der Waals surface area contributed by atoms with E-state index in [-0.39, 0.29) is 6.03 Å². The number of carbonyl (C=O) groups excluding carboxylic acids is 1. The Kier molecular flexibility index (Phi) is 6.11. The van der Waals surface area contributed by atoms with Gasteiger partial charge in [-0.25, -0.2) is 4.79 Å². The minimum absolute atomic E-state index is 0.331. The molecule has 1 aliphatic rings. The van der Waals surface area contributed by atoms with E-state index in [2.05, 4.69) is 25.7 Å². The van der Waals surface area contributed by atoms with Gasteiger partial charge in [-0.2, -0.15) is 0 Å². The SMILES string of the molecule is Cc1ccc(Cl)cc1NC(=O)Nc1ccc(-c2ccc(N3CCOCC3)nn2)cc1. The second kappa shape index (κ2) is 9.11. The normalized spacial score (nSPS) is 13.7. The molecule has 1 aliphatic heterocycles. The van der Waals surface area contributed by atoms with E-state index in [9.17, 15) is 4.79 Å². The fourth-order valence-electron chi connectivity index (χ4n) is 3.18. The lowest BCUT2D eigenvalue weighted by Gasteiger charge is -2.27. The number of aryl methyl sites for hydroxylation is 1. The largest absolute Gasteiger partial charge is 0.378 e. The number of ether oxygens (including phenoxy) is 1. The molecule has 0 bridgehead atoms. The third-order valence-corrected chi connectivity index (χ3v) is 5.11. The Balaban J connectivity index is 1.39. The molecule has 30 heavy (non-hydrogen) atoms. The number of urea groups is 1. The first-order valence-electron chi connectivity index (χ1n) is 9.69. The summed E-state index contributed by atoms with van der Waals surface area (Å²) in [6.45, 7) is 4.98. The van der Waals surface area contributed by atoms with E-state index in [1.54, 1.807) is 12.1 Å². The first kappa shape index (κ1) is 20.1. The van der Waals surface area contributed by atoms with Crippen molar-refractivity contribution >= 4 is 34.8 Å². The van der Waals surface area contributed by atoms with E-state index < -0.39 is 0 Å². The van der Waals surface area contributed by atoms with Gasteiger partial charge in [-0.1, -0.05) is 29.8 Å². The Labute approximate surface area is 180 Å². The van der Waals surface area contributed by atoms with Crippen molar-refractivity contribution in [1.82, 2.24) is 10.2 Å². The van der Waals surface area contributed by atoms with Crippen LogP contribution in [0.1, 0.15) is 5.56 Å². The molecule has 2 aromatic carbocycles. The van der Waals surface area contributed by atoms with Gasteiger partial charge in [-0.15, -0.1) is 10.2 Å². The van der Waals surface area contributed by atoms with E-state index in [0.717, 1.165) is 35.7 Å². The van der Waals surface area contributed by atoms with Crippen LogP contribution in [0.3, 0.4) is 0 Å². The molecule has 1 saturated heterocycles. The molecule has 0 atom stereocenters. The number of anilines is 3. The van der Waals surface area contributed by atoms with Crippen molar-refractivity contribution in [2.75, 3.05) is 41.8 Å². The Morgan fingerprint density at radius 2 is 1.77 bits per heavy atom. The summed E-state index contributed by atoms with van der Waals surface area (Å²) in [7, 11) is 0. The summed E-state index contributed by atoms with van der Waals surface area (Å²) in [4.78, 5) is 14.4. The zero-order valence-corrected chi connectivity index (χ0v) is 17.3. The van der Waals surface area contributed by atoms with Crippen LogP contribution in [-0.2, 0) is 4.74 Å². The molecule has 154 valence electrons. The summed E-state index contributed by atoms with van der Waals surface area (Å²) in [5.74, 6) is 0.855. The molecule has 0 aliphatic carbocycles. The molecule has 0 unspecified atom stereocenters. The highest BCUT2D eigenvalue weighted by Gasteiger charge is 2.13. The van der Waals surface area contributed by atoms with Crippen LogP contribution in [-0.4, -0.2) is 42.5 Å². The molecule has 8 heteroatoms. The van der Waals surface area contributed by atoms with Gasteiger partial charge in [0.05, 0.1) is 18.9 Å². The Morgan fingerprint density at radius 1 is 1.00 bits per heavy atom. The molecule has 0 radical (unpaired) electrons. The van der Waals surface area contributed by atoms with Gasteiger partial charge in [0.2, 0.25) is 0 Å². The smallest absolute Gasteiger partial charge is 0.323 e. The van der Waals surface area contributed by atoms with Gasteiger partial charge in [0.1, 0.15) is 0 Å². The van der Waals surface area contributed by atoms with E-state index in [1.165, 1.54) is 0 Å². The van der Waals surface area contributed by atoms with Gasteiger partial charge < -0.3 is 20.3 Å². The Hall–Kier alpha value is -3.16. The van der Waals surface area contributed by atoms with Crippen molar-refractivity contribution in [2.24, 2.45) is 0 Å². The average Bonchev–Trinajstić information content (AvgIpc) is 2.77. The summed E-state index contributed by atoms with van der Waals surface area (Å²) in [5, 5.41) is 14.9. The standard InChI is InChI=1S/C22H22ClN5O2/c1-15-2-5-17(23)14-20(15)25-22(29)24-18-6-3-16(4-7-18)19-8-9-21(27-26-19)28-10-12-30-13-11-28/h2-9,14H,10-13H2,1H3,(H2,24,25,29). The summed E-state index contributed by atoms with van der Waals surface area (Å²) in [5.41, 5.74) is 3.98. The predicted octanol–water partition coefficient (Wildman–Crippen LogP) is 4.59. The number of carbonyl (C=O) groups is 1. The minimum atomic E-state index is -0.331. The molecule has 2 heterocycles. The third kappa shape index (κ3) is 4.87. The van der Waals surface area contributed by atoms with E-state index in [0.29, 0.717) is 29.6 Å². The van der Waals surface area contributed by atoms with Crippen LogP contribution in [0.2, 0.25) is 5.02 Å². The summed E-state index contributed by atoms with van der Waals surface area (Å²) < 4.78 is 5.37. The molecule has 7 nitrogen and oxygen atoms in total. The van der Waals surface area contributed by atoms with E-state index in [4.69, 9.17) is 16.3 Å². The number of benzene rings is 2. The van der Waals surface area contributed by atoms with Crippen LogP contribution in [0.4, 0.5) is 22.0 Å². The van der Waals surface area contributed by atoms with Crippen molar-refractivity contribution in [3.8, 4) is 11.3 Å². The van der Waals surface area contributed by atoms with Crippen molar-refractivity contribution in [2.45, 2.75) is 6.92 Å². The summed E-state index contributed by atoms with van der Waals surface area (Å²) >= 11 is 6.00. The first-order chi connectivity index (χ1) is 14.6. The van der Waals surface area contributed by atoms with Gasteiger partial charge in [-0.3, -0.25) is 0 Å². The molecule has 1 fully saturated rings. The van der Waals surface area contributed by atoms with Crippen molar-refractivity contribution < 1.29 is 9.53 Å². The highest BCUT2D eigenvalue weighted by molar-refractivity contribution is 6.31. The van der Waals surface area contributed by atoms with Crippen molar-refractivity contribution in [3.63, 3.8) is 0 Å². The number of rotatable bonds is 4. The van der Waals surface area contributed by atoms with E-state index in [1.807, 2.05) is 49.4 Å². The number of amides is 2. The average molecular weight is 424 g/mol. The van der Waals surface area contributed by atoms with E-state index >= 15 is 0 Å². The number of aromatic nitrogens is 2. The van der Waals surface area contributed by atoms with Gasteiger partial charge in [0.15, 0.2) is 5.82 Å². The Bertz CT molecular complexity index is 1020. The first-order valence-corrected chi connectivity index (χ1v) is 10.1. The maximum atomic E-state index is 12.3. The zero-order valence-electron chi connectivity index (χ0n) is 16.6. The van der Waals surface area contributed by atoms with Gasteiger partial charge in [0.25, 0.3) is 0 Å². The maximum absolute atomic E-state index is 12.3. The molecule has 3 aromatic rings. The van der Waals surface area contributed by atoms with Gasteiger partial charge in [0, 0.05) is 35.1 Å². The quantitative estimate of drug-likeness (QED) is 0.641. The summed E-state index contributed by atoms with van der Waals surface area (Å²) in [6, 6.07) is 16.4. The molecule has 0 saturated carbocycles. The van der Waals surface area contributed by atoms with Crippen LogP contribution >= 0.6 is 11.6 Å². The molecule has 2 N–H and O–H groups in total. The van der Waals surface area contributed by atoms with Crippen molar-refractivity contribution in [1.29, 1.82) is 0 Å². The second-order valence-corrected chi connectivity index (χ2v) is 7.43. The minimum Gasteiger partial charge on any atom is -0.378 e. The lowest BCUT2D eigenvalue weighted by atomic mass is 10.1. The zero-order chi connectivity index (χ0) is 20.9. The number of hydrogen-bond acceptors (Lipinski definition) is 5. The number of morpholine rings is 1. The molecular weight excluding hydrogens is 402 g/mol. The van der Waals surface area contributed by atoms with Crippen molar-refractivity contribution in [3.05, 3.63) is 65.2 Å². The highest BCUT2D eigenvalue weighted by Crippen LogP contribution is 2.23. The summed E-state index contributed by atoms with van der Waals surface area (Å²) in [6.07, 6.45) is 0. The predicted molar refractivity (Wildman–Crippen MR) is 119 cm³/mol.